The summed E-state index contributed by atoms with van der Waals surface area (Å²) in [6, 6.07) is 8.60. The van der Waals surface area contributed by atoms with E-state index in [1.165, 1.54) is 30.3 Å². The number of aromatic nitrogens is 1. The summed E-state index contributed by atoms with van der Waals surface area (Å²) in [7, 11) is 0. The van der Waals surface area contributed by atoms with Crippen LogP contribution in [0, 0.1) is 18.6 Å². The van der Waals surface area contributed by atoms with E-state index in [4.69, 9.17) is 4.74 Å². The quantitative estimate of drug-likeness (QED) is 0.175. The van der Waals surface area contributed by atoms with Crippen LogP contribution in [0.3, 0.4) is 0 Å². The molecule has 4 rings (SSSR count). The van der Waals surface area contributed by atoms with Crippen LogP contribution in [0.25, 0.3) is 5.76 Å². The Kier molecular flexibility index (Phi) is 6.57. The van der Waals surface area contributed by atoms with Crippen LogP contribution in [0.15, 0.2) is 66.8 Å². The molecule has 0 bridgehead atoms. The Labute approximate surface area is 202 Å². The lowest BCUT2D eigenvalue weighted by Gasteiger charge is -2.23. The largest absolute Gasteiger partial charge is 0.507 e. The third-order valence-electron chi connectivity index (χ3n) is 5.26. The van der Waals surface area contributed by atoms with E-state index in [1.807, 2.05) is 0 Å². The number of nitrogens with zero attached hydrogens (tertiary/aromatic N) is 2. The molecule has 0 unspecified atom stereocenters. The fraction of sp³-hybridized carbons (Fsp3) is 0.120. The number of hydrogen-bond acceptors (Lipinski definition) is 7. The summed E-state index contributed by atoms with van der Waals surface area (Å²) in [5, 5.41) is 11.0. The molecule has 0 radical (unpaired) electrons. The van der Waals surface area contributed by atoms with Gasteiger partial charge in [-0.2, -0.15) is 0 Å². The first-order valence-corrected chi connectivity index (χ1v) is 11.1. The minimum Gasteiger partial charge on any atom is -0.507 e. The summed E-state index contributed by atoms with van der Waals surface area (Å²) in [6.07, 6.45) is 1.40. The van der Waals surface area contributed by atoms with Gasteiger partial charge in [-0.15, -0.1) is 0 Å². The van der Waals surface area contributed by atoms with Crippen molar-refractivity contribution in [3.8, 4) is 0 Å². The van der Waals surface area contributed by atoms with Crippen molar-refractivity contribution in [2.24, 2.45) is 0 Å². The Morgan fingerprint density at radius 2 is 1.74 bits per heavy atom. The number of aliphatic hydroxyl groups excluding tert-OH is 1. The van der Waals surface area contributed by atoms with E-state index in [9.17, 15) is 28.3 Å². The van der Waals surface area contributed by atoms with Crippen molar-refractivity contribution >= 4 is 39.9 Å². The van der Waals surface area contributed by atoms with E-state index >= 15 is 0 Å². The average Bonchev–Trinajstić information content (AvgIpc) is 3.35. The number of amides is 1. The molecule has 1 aromatic heterocycles. The van der Waals surface area contributed by atoms with Gasteiger partial charge in [0.15, 0.2) is 5.13 Å². The SMILES string of the molecule is C=CCOC(=O)c1sc(N2C(=O)C(=O)C(=C(O)c3ccc(F)cc3)[C@@H]2c2ccc(F)cc2)nc1C. The molecule has 0 aliphatic carbocycles. The highest BCUT2D eigenvalue weighted by atomic mass is 32.1. The standard InChI is InChI=1S/C25H18F2N2O5S/c1-3-12-34-24(33)22-13(2)28-25(35-22)29-19(14-4-8-16(26)9-5-14)18(21(31)23(29)32)20(30)15-6-10-17(27)11-7-15/h3-11,19,30H,1,12H2,2H3/t19-/m0/s1. The molecule has 3 aromatic rings. The predicted octanol–water partition coefficient (Wildman–Crippen LogP) is 4.70. The van der Waals surface area contributed by atoms with Crippen LogP contribution >= 0.6 is 11.3 Å². The van der Waals surface area contributed by atoms with E-state index in [2.05, 4.69) is 11.6 Å². The summed E-state index contributed by atoms with van der Waals surface area (Å²) in [5.41, 5.74) is 0.424. The third kappa shape index (κ3) is 4.47. The Balaban J connectivity index is 1.88. The van der Waals surface area contributed by atoms with Gasteiger partial charge in [0.05, 0.1) is 17.3 Å². The molecule has 7 nitrogen and oxygen atoms in total. The molecule has 1 aliphatic heterocycles. The topological polar surface area (TPSA) is 96.8 Å². The number of aryl methyl sites for hydroxylation is 1. The molecule has 178 valence electrons. The molecular weight excluding hydrogens is 478 g/mol. The molecule has 1 N–H and O–H groups in total. The number of ether oxygens (including phenoxy) is 1. The number of hydrogen-bond donors (Lipinski definition) is 1. The molecule has 10 heteroatoms. The van der Waals surface area contributed by atoms with Gasteiger partial charge in [0, 0.05) is 5.56 Å². The Morgan fingerprint density at radius 3 is 2.34 bits per heavy atom. The molecule has 1 aliphatic rings. The summed E-state index contributed by atoms with van der Waals surface area (Å²) in [4.78, 5) is 44.1. The van der Waals surface area contributed by atoms with Crippen LogP contribution in [-0.2, 0) is 14.3 Å². The maximum absolute atomic E-state index is 13.6. The number of aliphatic hydroxyl groups is 1. The van der Waals surface area contributed by atoms with Crippen LogP contribution in [0.5, 0.6) is 0 Å². The van der Waals surface area contributed by atoms with Gasteiger partial charge in [0.1, 0.15) is 28.9 Å². The van der Waals surface area contributed by atoms with Crippen LogP contribution < -0.4 is 4.90 Å². The van der Waals surface area contributed by atoms with Crippen LogP contribution in [0.4, 0.5) is 13.9 Å². The maximum Gasteiger partial charge on any atom is 0.350 e. The van der Waals surface area contributed by atoms with Gasteiger partial charge in [-0.25, -0.2) is 18.6 Å². The summed E-state index contributed by atoms with van der Waals surface area (Å²) >= 11 is 0.839. The predicted molar refractivity (Wildman–Crippen MR) is 125 cm³/mol. The van der Waals surface area contributed by atoms with Gasteiger partial charge in [-0.1, -0.05) is 36.1 Å². The Morgan fingerprint density at radius 1 is 1.14 bits per heavy atom. The normalized spacial score (nSPS) is 17.0. The molecule has 35 heavy (non-hydrogen) atoms. The first kappa shape index (κ1) is 24.0. The monoisotopic (exact) mass is 496 g/mol. The van der Waals surface area contributed by atoms with Gasteiger partial charge in [-0.05, 0) is 48.9 Å². The van der Waals surface area contributed by atoms with Gasteiger partial charge in [0.2, 0.25) is 0 Å². The zero-order valence-corrected chi connectivity index (χ0v) is 19.1. The van der Waals surface area contributed by atoms with Crippen LogP contribution in [-0.4, -0.2) is 34.4 Å². The molecule has 1 fully saturated rings. The average molecular weight is 496 g/mol. The van der Waals surface area contributed by atoms with Gasteiger partial charge < -0.3 is 9.84 Å². The number of anilines is 1. The highest BCUT2D eigenvalue weighted by molar-refractivity contribution is 7.17. The molecule has 0 spiro atoms. The second-order valence-corrected chi connectivity index (χ2v) is 8.50. The van der Waals surface area contributed by atoms with Gasteiger partial charge in [-0.3, -0.25) is 14.5 Å². The van der Waals surface area contributed by atoms with Crippen molar-refractivity contribution in [3.63, 3.8) is 0 Å². The number of rotatable bonds is 6. The summed E-state index contributed by atoms with van der Waals surface area (Å²) in [6.45, 7) is 5.01. The number of carbonyl (C=O) groups excluding carboxylic acids is 3. The first-order valence-electron chi connectivity index (χ1n) is 10.3. The minimum absolute atomic E-state index is 0.0163. The molecule has 0 saturated carbocycles. The van der Waals surface area contributed by atoms with E-state index in [-0.39, 0.29) is 33.4 Å². The van der Waals surface area contributed by atoms with E-state index < -0.39 is 41.1 Å². The van der Waals surface area contributed by atoms with Crippen molar-refractivity contribution < 1.29 is 33.0 Å². The Hall–Kier alpha value is -4.18. The first-order chi connectivity index (χ1) is 16.7. The number of benzene rings is 2. The molecular formula is C25H18F2N2O5S. The summed E-state index contributed by atoms with van der Waals surface area (Å²) in [5.74, 6) is -4.30. The lowest BCUT2D eigenvalue weighted by Crippen LogP contribution is -2.29. The van der Waals surface area contributed by atoms with Crippen LogP contribution in [0.2, 0.25) is 0 Å². The van der Waals surface area contributed by atoms with Crippen LogP contribution in [0.1, 0.15) is 32.5 Å². The number of carbonyl (C=O) groups is 3. The Bertz CT molecular complexity index is 1360. The maximum atomic E-state index is 13.6. The minimum atomic E-state index is -1.18. The zero-order valence-electron chi connectivity index (χ0n) is 18.3. The van der Waals surface area contributed by atoms with Crippen molar-refractivity contribution in [1.82, 2.24) is 4.98 Å². The van der Waals surface area contributed by atoms with E-state index in [0.717, 1.165) is 40.5 Å². The lowest BCUT2D eigenvalue weighted by atomic mass is 9.95. The summed E-state index contributed by atoms with van der Waals surface area (Å²) < 4.78 is 32.1. The number of halogens is 2. The van der Waals surface area contributed by atoms with Gasteiger partial charge in [0.25, 0.3) is 5.78 Å². The van der Waals surface area contributed by atoms with Crippen molar-refractivity contribution in [2.75, 3.05) is 11.5 Å². The highest BCUT2D eigenvalue weighted by Crippen LogP contribution is 2.44. The van der Waals surface area contributed by atoms with E-state index in [0.29, 0.717) is 5.56 Å². The highest BCUT2D eigenvalue weighted by Gasteiger charge is 2.48. The zero-order chi connectivity index (χ0) is 25.3. The number of ketones is 1. The second kappa shape index (κ2) is 9.59. The molecule has 2 heterocycles. The third-order valence-corrected chi connectivity index (χ3v) is 6.39. The molecule has 1 atom stereocenters. The van der Waals surface area contributed by atoms with Crippen molar-refractivity contribution in [1.29, 1.82) is 0 Å². The molecule has 2 aromatic carbocycles. The molecule has 1 amide bonds. The van der Waals surface area contributed by atoms with E-state index in [1.54, 1.807) is 6.92 Å². The lowest BCUT2D eigenvalue weighted by molar-refractivity contribution is -0.132. The fourth-order valence-electron chi connectivity index (χ4n) is 3.63. The van der Waals surface area contributed by atoms with Gasteiger partial charge >= 0.3 is 11.9 Å². The number of thiazole rings is 1. The smallest absolute Gasteiger partial charge is 0.350 e. The molecule has 1 saturated heterocycles. The van der Waals surface area contributed by atoms with Crippen molar-refractivity contribution in [2.45, 2.75) is 13.0 Å². The number of esters is 1. The van der Waals surface area contributed by atoms with Crippen molar-refractivity contribution in [3.05, 3.63) is 100 Å². The fourth-order valence-corrected chi connectivity index (χ4v) is 4.62. The second-order valence-electron chi connectivity index (χ2n) is 7.53. The number of Topliss-reactive ketones (excluding diaryl/α,β-unsaturated/α-hetero) is 1.